The Balaban J connectivity index is 2.35. The number of amides is 1. The molecule has 4 nitrogen and oxygen atoms in total. The van der Waals surface area contributed by atoms with Gasteiger partial charge in [-0.2, -0.15) is 5.26 Å². The fourth-order valence-electron chi connectivity index (χ4n) is 1.85. The van der Waals surface area contributed by atoms with Gasteiger partial charge in [-0.05, 0) is 18.1 Å². The van der Waals surface area contributed by atoms with E-state index in [1.807, 2.05) is 38.1 Å². The SMILES string of the molecule is CC(C)C(C#N)NC(=O)c1cccc2cccnc12. The summed E-state index contributed by atoms with van der Waals surface area (Å²) < 4.78 is 0. The van der Waals surface area contributed by atoms with Crippen LogP contribution >= 0.6 is 0 Å². The van der Waals surface area contributed by atoms with Gasteiger partial charge >= 0.3 is 0 Å². The first kappa shape index (κ1) is 13.0. The molecule has 2 aromatic rings. The molecule has 1 heterocycles. The summed E-state index contributed by atoms with van der Waals surface area (Å²) >= 11 is 0. The van der Waals surface area contributed by atoms with E-state index >= 15 is 0 Å². The minimum Gasteiger partial charge on any atom is -0.336 e. The zero-order valence-corrected chi connectivity index (χ0v) is 10.9. The van der Waals surface area contributed by atoms with Crippen molar-refractivity contribution in [3.05, 3.63) is 42.1 Å². The number of benzene rings is 1. The van der Waals surface area contributed by atoms with E-state index in [1.54, 1.807) is 12.3 Å². The Bertz CT molecular complexity index is 638. The maximum Gasteiger partial charge on any atom is 0.254 e. The molecule has 1 atom stereocenters. The summed E-state index contributed by atoms with van der Waals surface area (Å²) in [6.07, 6.45) is 1.66. The number of hydrogen-bond acceptors (Lipinski definition) is 3. The van der Waals surface area contributed by atoms with Crippen LogP contribution in [0.25, 0.3) is 10.9 Å². The van der Waals surface area contributed by atoms with Crippen molar-refractivity contribution in [2.75, 3.05) is 0 Å². The van der Waals surface area contributed by atoms with Crippen molar-refractivity contribution in [3.63, 3.8) is 0 Å². The maximum atomic E-state index is 12.2. The van der Waals surface area contributed by atoms with Gasteiger partial charge in [0.1, 0.15) is 6.04 Å². The third kappa shape index (κ3) is 2.71. The maximum absolute atomic E-state index is 12.2. The van der Waals surface area contributed by atoms with Gasteiger partial charge in [0.15, 0.2) is 0 Å². The second kappa shape index (κ2) is 5.49. The largest absolute Gasteiger partial charge is 0.336 e. The van der Waals surface area contributed by atoms with Crippen molar-refractivity contribution in [1.29, 1.82) is 5.26 Å². The number of rotatable bonds is 3. The first-order valence-corrected chi connectivity index (χ1v) is 6.17. The lowest BCUT2D eigenvalue weighted by molar-refractivity contribution is 0.0939. The van der Waals surface area contributed by atoms with Crippen LogP contribution < -0.4 is 5.32 Å². The molecule has 0 aliphatic rings. The predicted molar refractivity (Wildman–Crippen MR) is 73.4 cm³/mol. The normalized spacial score (nSPS) is 12.1. The highest BCUT2D eigenvalue weighted by atomic mass is 16.1. The fourth-order valence-corrected chi connectivity index (χ4v) is 1.85. The highest BCUT2D eigenvalue weighted by molar-refractivity contribution is 6.05. The molecule has 1 aromatic carbocycles. The lowest BCUT2D eigenvalue weighted by Crippen LogP contribution is -2.37. The van der Waals surface area contributed by atoms with E-state index in [1.165, 1.54) is 0 Å². The van der Waals surface area contributed by atoms with Crippen LogP contribution in [0.15, 0.2) is 36.5 Å². The number of nitrogens with zero attached hydrogens (tertiary/aromatic N) is 2. The van der Waals surface area contributed by atoms with Crippen LogP contribution in [0.3, 0.4) is 0 Å². The fraction of sp³-hybridized carbons (Fsp3) is 0.267. The van der Waals surface area contributed by atoms with Gasteiger partial charge < -0.3 is 5.32 Å². The molecule has 1 amide bonds. The second-order valence-electron chi connectivity index (χ2n) is 4.70. The van der Waals surface area contributed by atoms with Gasteiger partial charge in [0.25, 0.3) is 5.91 Å². The minimum atomic E-state index is -0.494. The summed E-state index contributed by atoms with van der Waals surface area (Å²) in [5.41, 5.74) is 1.15. The van der Waals surface area contributed by atoms with Crippen molar-refractivity contribution >= 4 is 16.8 Å². The van der Waals surface area contributed by atoms with Crippen LogP contribution in [0.1, 0.15) is 24.2 Å². The van der Waals surface area contributed by atoms with Gasteiger partial charge in [0, 0.05) is 11.6 Å². The second-order valence-corrected chi connectivity index (χ2v) is 4.70. The molecule has 0 fully saturated rings. The molecule has 1 unspecified atom stereocenters. The number of carbonyl (C=O) groups is 1. The van der Waals surface area contributed by atoms with E-state index < -0.39 is 6.04 Å². The number of para-hydroxylation sites is 1. The quantitative estimate of drug-likeness (QED) is 0.914. The van der Waals surface area contributed by atoms with Gasteiger partial charge in [0.05, 0.1) is 17.1 Å². The van der Waals surface area contributed by atoms with Crippen LogP contribution in [-0.2, 0) is 0 Å². The third-order valence-electron chi connectivity index (χ3n) is 2.97. The molecule has 96 valence electrons. The predicted octanol–water partition coefficient (Wildman–Crippen LogP) is 2.51. The lowest BCUT2D eigenvalue weighted by atomic mass is 10.0. The summed E-state index contributed by atoms with van der Waals surface area (Å²) in [4.78, 5) is 16.5. The number of pyridine rings is 1. The van der Waals surface area contributed by atoms with Crippen molar-refractivity contribution in [2.45, 2.75) is 19.9 Å². The smallest absolute Gasteiger partial charge is 0.254 e. The van der Waals surface area contributed by atoms with Crippen molar-refractivity contribution in [2.24, 2.45) is 5.92 Å². The Labute approximate surface area is 112 Å². The molecular weight excluding hydrogens is 238 g/mol. The van der Waals surface area contributed by atoms with E-state index in [-0.39, 0.29) is 11.8 Å². The molecule has 4 heteroatoms. The number of hydrogen-bond donors (Lipinski definition) is 1. The van der Waals surface area contributed by atoms with Gasteiger partial charge in [-0.15, -0.1) is 0 Å². The Hall–Kier alpha value is -2.41. The van der Waals surface area contributed by atoms with E-state index in [0.717, 1.165) is 5.39 Å². The standard InChI is InChI=1S/C15H15N3O/c1-10(2)13(9-16)18-15(19)12-7-3-5-11-6-4-8-17-14(11)12/h3-8,10,13H,1-2H3,(H,18,19). The van der Waals surface area contributed by atoms with Crippen molar-refractivity contribution in [1.82, 2.24) is 10.3 Å². The van der Waals surface area contributed by atoms with Gasteiger partial charge in [0.2, 0.25) is 0 Å². The van der Waals surface area contributed by atoms with Crippen LogP contribution in [0.5, 0.6) is 0 Å². The van der Waals surface area contributed by atoms with Crippen LogP contribution in [0, 0.1) is 17.2 Å². The summed E-state index contributed by atoms with van der Waals surface area (Å²) in [7, 11) is 0. The van der Waals surface area contributed by atoms with E-state index in [2.05, 4.69) is 16.4 Å². The summed E-state index contributed by atoms with van der Waals surface area (Å²) in [5, 5.41) is 12.7. The number of fused-ring (bicyclic) bond motifs is 1. The molecule has 0 saturated heterocycles. The molecule has 2 rings (SSSR count). The Morgan fingerprint density at radius 3 is 2.74 bits per heavy atom. The van der Waals surface area contributed by atoms with Crippen LogP contribution in [-0.4, -0.2) is 16.9 Å². The third-order valence-corrected chi connectivity index (χ3v) is 2.97. The molecular formula is C15H15N3O. The molecule has 0 aliphatic heterocycles. The average Bonchev–Trinajstić information content (AvgIpc) is 2.43. The highest BCUT2D eigenvalue weighted by Gasteiger charge is 2.18. The molecule has 0 aliphatic carbocycles. The molecule has 19 heavy (non-hydrogen) atoms. The van der Waals surface area contributed by atoms with Gasteiger partial charge in [-0.25, -0.2) is 0 Å². The lowest BCUT2D eigenvalue weighted by Gasteiger charge is -2.15. The van der Waals surface area contributed by atoms with E-state index in [0.29, 0.717) is 11.1 Å². The molecule has 0 radical (unpaired) electrons. The number of nitrogens with one attached hydrogen (secondary N) is 1. The summed E-state index contributed by atoms with van der Waals surface area (Å²) in [6, 6.07) is 10.8. The highest BCUT2D eigenvalue weighted by Crippen LogP contribution is 2.16. The van der Waals surface area contributed by atoms with E-state index in [4.69, 9.17) is 5.26 Å². The number of nitriles is 1. The van der Waals surface area contributed by atoms with Crippen molar-refractivity contribution in [3.8, 4) is 6.07 Å². The Kier molecular flexibility index (Phi) is 3.76. The zero-order chi connectivity index (χ0) is 13.8. The molecule has 0 saturated carbocycles. The van der Waals surface area contributed by atoms with E-state index in [9.17, 15) is 4.79 Å². The van der Waals surface area contributed by atoms with Crippen molar-refractivity contribution < 1.29 is 4.79 Å². The molecule has 0 bridgehead atoms. The van der Waals surface area contributed by atoms with Gasteiger partial charge in [-0.3, -0.25) is 9.78 Å². The number of carbonyl (C=O) groups excluding carboxylic acids is 1. The first-order chi connectivity index (χ1) is 9.13. The topological polar surface area (TPSA) is 65.8 Å². The summed E-state index contributed by atoms with van der Waals surface area (Å²) in [6.45, 7) is 3.80. The molecule has 1 N–H and O–H groups in total. The van der Waals surface area contributed by atoms with Crippen LogP contribution in [0.2, 0.25) is 0 Å². The zero-order valence-electron chi connectivity index (χ0n) is 10.9. The summed E-state index contributed by atoms with van der Waals surface area (Å²) in [5.74, 6) is -0.193. The minimum absolute atomic E-state index is 0.0666. The monoisotopic (exact) mass is 253 g/mol. The number of aromatic nitrogens is 1. The molecule has 1 aromatic heterocycles. The first-order valence-electron chi connectivity index (χ1n) is 6.17. The van der Waals surface area contributed by atoms with Gasteiger partial charge in [-0.1, -0.05) is 32.0 Å². The Morgan fingerprint density at radius 2 is 2.05 bits per heavy atom. The Morgan fingerprint density at radius 1 is 1.32 bits per heavy atom. The van der Waals surface area contributed by atoms with Crippen LogP contribution in [0.4, 0.5) is 0 Å². The average molecular weight is 253 g/mol. The molecule has 0 spiro atoms.